The lowest BCUT2D eigenvalue weighted by atomic mass is 10.4. The molecule has 0 amide bonds. The van der Waals surface area contributed by atoms with Crippen molar-refractivity contribution in [1.29, 1.82) is 0 Å². The average Bonchev–Trinajstić information content (AvgIpc) is 1.89. The third-order valence-electron chi connectivity index (χ3n) is 0.770. The van der Waals surface area contributed by atoms with E-state index in [0.29, 0.717) is 6.42 Å². The topological polar surface area (TPSA) is 64.8 Å². The molecule has 4 nitrogen and oxygen atoms in total. The predicted octanol–water partition coefficient (Wildman–Crippen LogP) is -2.38. The zero-order valence-corrected chi connectivity index (χ0v) is 7.39. The number of hydrogen-bond acceptors (Lipinski definition) is 3. The van der Waals surface area contributed by atoms with Crippen molar-refractivity contribution in [2.24, 2.45) is 0 Å². The van der Waals surface area contributed by atoms with Crippen LogP contribution in [-0.4, -0.2) is 31.9 Å². The maximum absolute atomic E-state index is 9.49. The molecule has 0 bridgehead atoms. The summed E-state index contributed by atoms with van der Waals surface area (Å²) in [6.07, 6.45) is 0.850. The molecule has 0 aliphatic carbocycles. The van der Waals surface area contributed by atoms with Crippen molar-refractivity contribution in [2.45, 2.75) is 19.8 Å². The van der Waals surface area contributed by atoms with Crippen molar-refractivity contribution in [3.63, 3.8) is 0 Å². The minimum absolute atomic E-state index is 0.181. The van der Waals surface area contributed by atoms with Crippen LogP contribution in [0.1, 0.15) is 19.8 Å². The van der Waals surface area contributed by atoms with Crippen molar-refractivity contribution < 1.29 is 19.9 Å². The minimum atomic E-state index is -0.961. The molecule has 0 rings (SSSR count). The fourth-order valence-corrected chi connectivity index (χ4v) is 0.204. The van der Waals surface area contributed by atoms with Crippen molar-refractivity contribution in [2.75, 3.05) is 20.8 Å². The number of carbonyl (C=O) groups is 1. The van der Waals surface area contributed by atoms with Crippen molar-refractivity contribution >= 4 is 5.97 Å². The number of carboxylic acids is 1. The smallest absolute Gasteiger partial charge is 0.178 e. The minimum Gasteiger partial charge on any atom is -0.550 e. The Morgan fingerprint density at radius 1 is 1.55 bits per heavy atom. The summed E-state index contributed by atoms with van der Waals surface area (Å²) in [5.41, 5.74) is 0. The quantitative estimate of drug-likeness (QED) is 0.457. The van der Waals surface area contributed by atoms with E-state index in [1.807, 2.05) is 14.1 Å². The first kappa shape index (κ1) is 13.0. The van der Waals surface area contributed by atoms with E-state index in [9.17, 15) is 9.90 Å². The molecule has 0 aliphatic rings. The van der Waals surface area contributed by atoms with Gasteiger partial charge in [-0.3, -0.25) is 0 Å². The molecular weight excluding hydrogens is 146 g/mol. The molecule has 0 saturated carbocycles. The first-order valence-corrected chi connectivity index (χ1v) is 3.64. The molecule has 0 saturated heterocycles. The zero-order chi connectivity index (χ0) is 9.28. The summed E-state index contributed by atoms with van der Waals surface area (Å²) in [5.74, 6) is -0.961. The summed E-state index contributed by atoms with van der Waals surface area (Å²) in [6.45, 7) is 2.02. The van der Waals surface area contributed by atoms with Gasteiger partial charge in [-0.2, -0.15) is 0 Å². The third-order valence-corrected chi connectivity index (χ3v) is 0.770. The van der Waals surface area contributed by atoms with E-state index in [2.05, 4.69) is 0 Å². The Morgan fingerprint density at radius 2 is 1.91 bits per heavy atom. The van der Waals surface area contributed by atoms with E-state index in [4.69, 9.17) is 5.11 Å². The maximum atomic E-state index is 9.49. The monoisotopic (exact) mass is 163 g/mol. The molecule has 0 heterocycles. The molecule has 0 atom stereocenters. The van der Waals surface area contributed by atoms with Gasteiger partial charge in [0.15, 0.2) is 6.73 Å². The van der Waals surface area contributed by atoms with Gasteiger partial charge in [0, 0.05) is 5.97 Å². The van der Waals surface area contributed by atoms with Crippen LogP contribution in [0.4, 0.5) is 0 Å². The molecule has 68 valence electrons. The largest absolute Gasteiger partial charge is 0.550 e. The Morgan fingerprint density at radius 3 is 1.91 bits per heavy atom. The second-order valence-corrected chi connectivity index (χ2v) is 2.49. The number of quaternary nitrogens is 1. The lowest BCUT2D eigenvalue weighted by Gasteiger charge is -1.96. The van der Waals surface area contributed by atoms with Crippen LogP contribution in [0.2, 0.25) is 0 Å². The van der Waals surface area contributed by atoms with Gasteiger partial charge < -0.3 is 19.9 Å². The summed E-state index contributed by atoms with van der Waals surface area (Å²) in [7, 11) is 3.78. The van der Waals surface area contributed by atoms with Crippen LogP contribution in [0, 0.1) is 0 Å². The van der Waals surface area contributed by atoms with Gasteiger partial charge in [0.05, 0.1) is 14.1 Å². The van der Waals surface area contributed by atoms with Crippen molar-refractivity contribution in [3.8, 4) is 0 Å². The second-order valence-electron chi connectivity index (χ2n) is 2.49. The molecule has 0 aromatic carbocycles. The van der Waals surface area contributed by atoms with Crippen LogP contribution >= 0.6 is 0 Å². The van der Waals surface area contributed by atoms with Gasteiger partial charge in [-0.1, -0.05) is 13.3 Å². The Hall–Kier alpha value is -0.610. The summed E-state index contributed by atoms with van der Waals surface area (Å²) in [5, 5.41) is 17.6. The number of aliphatic hydroxyl groups excluding tert-OH is 1. The number of carbonyl (C=O) groups excluding carboxylic acids is 1. The molecule has 0 spiro atoms. The fourth-order valence-electron chi connectivity index (χ4n) is 0.204. The molecule has 11 heavy (non-hydrogen) atoms. The van der Waals surface area contributed by atoms with Gasteiger partial charge in [-0.15, -0.1) is 0 Å². The van der Waals surface area contributed by atoms with Crippen LogP contribution in [0.3, 0.4) is 0 Å². The Labute approximate surface area is 67.4 Å². The highest BCUT2D eigenvalue weighted by Crippen LogP contribution is 1.79. The SMILES string of the molecule is CCCC(=O)[O-].C[NH+](C)CO. The van der Waals surface area contributed by atoms with E-state index in [1.54, 1.807) is 6.92 Å². The molecule has 0 aliphatic heterocycles. The van der Waals surface area contributed by atoms with Crippen LogP contribution in [0.5, 0.6) is 0 Å². The van der Waals surface area contributed by atoms with Crippen LogP contribution in [0.25, 0.3) is 0 Å². The second kappa shape index (κ2) is 9.39. The lowest BCUT2D eigenvalue weighted by Crippen LogP contribution is -3.05. The van der Waals surface area contributed by atoms with Crippen LogP contribution in [0.15, 0.2) is 0 Å². The van der Waals surface area contributed by atoms with Gasteiger partial charge in [0.2, 0.25) is 0 Å². The van der Waals surface area contributed by atoms with E-state index in [-0.39, 0.29) is 13.2 Å². The standard InChI is InChI=1S/C4H8O2.C3H9NO/c1-2-3-4(5)6;1-4(2)3-5/h2-3H2,1H3,(H,5,6);5H,3H2,1-2H3. The van der Waals surface area contributed by atoms with Gasteiger partial charge >= 0.3 is 0 Å². The number of aliphatic hydroxyl groups is 1. The predicted molar refractivity (Wildman–Crippen MR) is 39.8 cm³/mol. The normalized spacial score (nSPS) is 8.82. The Bertz CT molecular complexity index is 93.7. The first-order valence-electron chi connectivity index (χ1n) is 3.64. The number of carboxylic acid groups (broad SMARTS) is 1. The molecule has 0 fully saturated rings. The van der Waals surface area contributed by atoms with Crippen LogP contribution < -0.4 is 10.0 Å². The van der Waals surface area contributed by atoms with Gasteiger partial charge in [-0.05, 0) is 6.42 Å². The van der Waals surface area contributed by atoms with Crippen molar-refractivity contribution in [1.82, 2.24) is 0 Å². The van der Waals surface area contributed by atoms with E-state index in [1.165, 1.54) is 0 Å². The van der Waals surface area contributed by atoms with E-state index >= 15 is 0 Å². The molecular formula is C7H17NO3. The first-order chi connectivity index (χ1) is 5.04. The third kappa shape index (κ3) is 26.6. The Kier molecular flexibility index (Phi) is 11.1. The van der Waals surface area contributed by atoms with Crippen molar-refractivity contribution in [3.05, 3.63) is 0 Å². The average molecular weight is 163 g/mol. The number of aliphatic carboxylic acids is 1. The van der Waals surface area contributed by atoms with E-state index < -0.39 is 5.97 Å². The molecule has 4 heteroatoms. The number of hydrogen-bond donors (Lipinski definition) is 2. The molecule has 0 unspecified atom stereocenters. The molecule has 0 aromatic rings. The van der Waals surface area contributed by atoms with Gasteiger partial charge in [-0.25, -0.2) is 0 Å². The highest BCUT2D eigenvalue weighted by molar-refractivity contribution is 5.63. The maximum Gasteiger partial charge on any atom is 0.178 e. The molecule has 2 N–H and O–H groups in total. The summed E-state index contributed by atoms with van der Waals surface area (Å²) in [6, 6.07) is 0. The molecule has 0 aromatic heterocycles. The highest BCUT2D eigenvalue weighted by Gasteiger charge is 1.77. The van der Waals surface area contributed by atoms with Crippen LogP contribution in [-0.2, 0) is 4.79 Å². The Balaban J connectivity index is 0. The number of nitrogens with one attached hydrogen (secondary N) is 1. The summed E-state index contributed by atoms with van der Waals surface area (Å²) < 4.78 is 0. The summed E-state index contributed by atoms with van der Waals surface area (Å²) >= 11 is 0. The van der Waals surface area contributed by atoms with E-state index in [0.717, 1.165) is 4.90 Å². The highest BCUT2D eigenvalue weighted by atomic mass is 16.4. The lowest BCUT2D eigenvalue weighted by molar-refractivity contribution is -0.879. The summed E-state index contributed by atoms with van der Waals surface area (Å²) in [4.78, 5) is 10.5. The number of rotatable bonds is 3. The molecule has 0 radical (unpaired) electrons. The van der Waals surface area contributed by atoms with Gasteiger partial charge in [0.25, 0.3) is 0 Å². The zero-order valence-electron chi connectivity index (χ0n) is 7.39. The van der Waals surface area contributed by atoms with Gasteiger partial charge in [0.1, 0.15) is 0 Å². The fraction of sp³-hybridized carbons (Fsp3) is 0.857.